The van der Waals surface area contributed by atoms with Crippen molar-refractivity contribution >= 4 is 5.78 Å². The minimum atomic E-state index is 0.368. The van der Waals surface area contributed by atoms with Gasteiger partial charge in [0.05, 0.1) is 0 Å². The minimum absolute atomic E-state index is 0.368. The third kappa shape index (κ3) is 3.31. The molecule has 0 radical (unpaired) electrons. The molecule has 0 heterocycles. The van der Waals surface area contributed by atoms with Crippen LogP contribution in [0.25, 0.3) is 0 Å². The Kier molecular flexibility index (Phi) is 4.01. The summed E-state index contributed by atoms with van der Waals surface area (Å²) < 4.78 is 0. The van der Waals surface area contributed by atoms with E-state index in [0.717, 1.165) is 37.8 Å². The summed E-state index contributed by atoms with van der Waals surface area (Å²) in [4.78, 5) is 14.3. The first kappa shape index (κ1) is 12.1. The molecule has 0 N–H and O–H groups in total. The molecule has 2 rings (SSSR count). The summed E-state index contributed by atoms with van der Waals surface area (Å²) in [5, 5.41) is 0. The van der Waals surface area contributed by atoms with Crippen molar-refractivity contribution in [2.24, 2.45) is 11.8 Å². The van der Waals surface area contributed by atoms with Crippen molar-refractivity contribution in [2.75, 3.05) is 13.1 Å². The molecule has 1 atom stereocenters. The number of carbonyl (C=O) groups excluding carboxylic acids is 1. The lowest BCUT2D eigenvalue weighted by molar-refractivity contribution is -0.121. The zero-order valence-electron chi connectivity index (χ0n) is 10.7. The summed E-state index contributed by atoms with van der Waals surface area (Å²) in [6.07, 6.45) is 7.11. The second-order valence-electron chi connectivity index (χ2n) is 5.96. The Morgan fingerprint density at radius 1 is 1.31 bits per heavy atom. The van der Waals surface area contributed by atoms with Crippen molar-refractivity contribution in [2.45, 2.75) is 58.4 Å². The Labute approximate surface area is 99.4 Å². The number of ketones is 1. The SMILES string of the molecule is CC(C)CCN(CC1CCCC1=O)C1CC1. The molecule has 0 aromatic heterocycles. The molecule has 2 aliphatic rings. The van der Waals surface area contributed by atoms with Gasteiger partial charge in [-0.1, -0.05) is 13.8 Å². The summed E-state index contributed by atoms with van der Waals surface area (Å²) in [5.41, 5.74) is 0. The van der Waals surface area contributed by atoms with Crippen LogP contribution in [0.5, 0.6) is 0 Å². The van der Waals surface area contributed by atoms with Gasteiger partial charge >= 0.3 is 0 Å². The Morgan fingerprint density at radius 3 is 2.56 bits per heavy atom. The molecule has 2 heteroatoms. The molecule has 0 amide bonds. The van der Waals surface area contributed by atoms with E-state index in [1.807, 2.05) is 0 Å². The molecule has 16 heavy (non-hydrogen) atoms. The van der Waals surface area contributed by atoms with Crippen LogP contribution in [0, 0.1) is 11.8 Å². The molecule has 0 spiro atoms. The molecule has 2 saturated carbocycles. The zero-order chi connectivity index (χ0) is 11.5. The van der Waals surface area contributed by atoms with Crippen molar-refractivity contribution in [1.82, 2.24) is 4.90 Å². The van der Waals surface area contributed by atoms with Gasteiger partial charge in [-0.05, 0) is 44.6 Å². The number of Topliss-reactive ketones (excluding diaryl/α,β-unsaturated/α-hetero) is 1. The van der Waals surface area contributed by atoms with Gasteiger partial charge in [0.1, 0.15) is 5.78 Å². The molecule has 0 bridgehead atoms. The molecule has 0 aromatic carbocycles. The van der Waals surface area contributed by atoms with E-state index < -0.39 is 0 Å². The van der Waals surface area contributed by atoms with Crippen molar-refractivity contribution in [3.05, 3.63) is 0 Å². The van der Waals surface area contributed by atoms with Gasteiger partial charge in [-0.3, -0.25) is 9.69 Å². The number of nitrogens with zero attached hydrogens (tertiary/aromatic N) is 1. The number of hydrogen-bond acceptors (Lipinski definition) is 2. The highest BCUT2D eigenvalue weighted by molar-refractivity contribution is 5.83. The molecule has 0 saturated heterocycles. The largest absolute Gasteiger partial charge is 0.300 e. The van der Waals surface area contributed by atoms with Crippen LogP contribution < -0.4 is 0 Å². The standard InChI is InChI=1S/C14H25NO/c1-11(2)8-9-15(13-6-7-13)10-12-4-3-5-14(12)16/h11-13H,3-10H2,1-2H3. The van der Waals surface area contributed by atoms with E-state index >= 15 is 0 Å². The van der Waals surface area contributed by atoms with E-state index in [1.165, 1.54) is 25.8 Å². The molecular formula is C14H25NO. The molecule has 2 fully saturated rings. The second kappa shape index (κ2) is 5.31. The first-order valence-electron chi connectivity index (χ1n) is 6.93. The lowest BCUT2D eigenvalue weighted by Gasteiger charge is -2.25. The third-order valence-electron chi connectivity index (χ3n) is 3.94. The van der Waals surface area contributed by atoms with Gasteiger partial charge in [-0.15, -0.1) is 0 Å². The van der Waals surface area contributed by atoms with Crippen LogP contribution in [0.4, 0.5) is 0 Å². The Balaban J connectivity index is 1.80. The van der Waals surface area contributed by atoms with Crippen molar-refractivity contribution < 1.29 is 4.79 Å². The van der Waals surface area contributed by atoms with Crippen molar-refractivity contribution in [3.8, 4) is 0 Å². The fourth-order valence-corrected chi connectivity index (χ4v) is 2.65. The fourth-order valence-electron chi connectivity index (χ4n) is 2.65. The molecule has 92 valence electrons. The maximum Gasteiger partial charge on any atom is 0.137 e. The fraction of sp³-hybridized carbons (Fsp3) is 0.929. The lowest BCUT2D eigenvalue weighted by Crippen LogP contribution is -2.34. The first-order valence-corrected chi connectivity index (χ1v) is 6.93. The first-order chi connectivity index (χ1) is 7.66. The summed E-state index contributed by atoms with van der Waals surface area (Å²) in [7, 11) is 0. The van der Waals surface area contributed by atoms with Crippen LogP contribution >= 0.6 is 0 Å². The Bertz CT molecular complexity index is 245. The van der Waals surface area contributed by atoms with Crippen LogP contribution in [0.2, 0.25) is 0 Å². The molecule has 0 aromatic rings. The maximum absolute atomic E-state index is 11.7. The van der Waals surface area contributed by atoms with Crippen LogP contribution in [0.3, 0.4) is 0 Å². The van der Waals surface area contributed by atoms with Gasteiger partial charge in [0.2, 0.25) is 0 Å². The summed E-state index contributed by atoms with van der Waals surface area (Å²) in [6.45, 7) is 6.82. The van der Waals surface area contributed by atoms with Gasteiger partial charge in [0, 0.05) is 24.9 Å². The number of hydrogen-bond donors (Lipinski definition) is 0. The van der Waals surface area contributed by atoms with Crippen LogP contribution in [0.1, 0.15) is 52.4 Å². The van der Waals surface area contributed by atoms with E-state index in [-0.39, 0.29) is 0 Å². The number of rotatable bonds is 6. The molecule has 2 nitrogen and oxygen atoms in total. The normalized spacial score (nSPS) is 26.0. The van der Waals surface area contributed by atoms with E-state index in [2.05, 4.69) is 18.7 Å². The highest BCUT2D eigenvalue weighted by atomic mass is 16.1. The zero-order valence-corrected chi connectivity index (χ0v) is 10.7. The Morgan fingerprint density at radius 2 is 2.06 bits per heavy atom. The molecule has 0 aliphatic heterocycles. The average molecular weight is 223 g/mol. The second-order valence-corrected chi connectivity index (χ2v) is 5.96. The third-order valence-corrected chi connectivity index (χ3v) is 3.94. The molecule has 2 aliphatic carbocycles. The van der Waals surface area contributed by atoms with E-state index in [9.17, 15) is 4.79 Å². The Hall–Kier alpha value is -0.370. The predicted octanol–water partition coefficient (Wildman–Crippen LogP) is 2.87. The van der Waals surface area contributed by atoms with Crippen LogP contribution in [0.15, 0.2) is 0 Å². The quantitative estimate of drug-likeness (QED) is 0.690. The van der Waals surface area contributed by atoms with Crippen molar-refractivity contribution in [1.29, 1.82) is 0 Å². The molecule has 1 unspecified atom stereocenters. The smallest absolute Gasteiger partial charge is 0.137 e. The molecular weight excluding hydrogens is 198 g/mol. The van der Waals surface area contributed by atoms with Gasteiger partial charge < -0.3 is 0 Å². The van der Waals surface area contributed by atoms with Gasteiger partial charge in [-0.2, -0.15) is 0 Å². The lowest BCUT2D eigenvalue weighted by atomic mass is 10.1. The monoisotopic (exact) mass is 223 g/mol. The van der Waals surface area contributed by atoms with Crippen molar-refractivity contribution in [3.63, 3.8) is 0 Å². The van der Waals surface area contributed by atoms with Crippen LogP contribution in [-0.2, 0) is 4.79 Å². The van der Waals surface area contributed by atoms with Gasteiger partial charge in [-0.25, -0.2) is 0 Å². The highest BCUT2D eigenvalue weighted by Gasteiger charge is 2.33. The van der Waals surface area contributed by atoms with Crippen LogP contribution in [-0.4, -0.2) is 29.8 Å². The van der Waals surface area contributed by atoms with E-state index in [4.69, 9.17) is 0 Å². The van der Waals surface area contributed by atoms with E-state index in [0.29, 0.717) is 11.7 Å². The number of carbonyl (C=O) groups is 1. The summed E-state index contributed by atoms with van der Waals surface area (Å²) in [5.74, 6) is 1.67. The summed E-state index contributed by atoms with van der Waals surface area (Å²) >= 11 is 0. The highest BCUT2D eigenvalue weighted by Crippen LogP contribution is 2.31. The average Bonchev–Trinajstić information content (AvgIpc) is 2.99. The summed E-state index contributed by atoms with van der Waals surface area (Å²) in [6, 6.07) is 0.812. The predicted molar refractivity (Wildman–Crippen MR) is 66.4 cm³/mol. The maximum atomic E-state index is 11.7. The van der Waals surface area contributed by atoms with Gasteiger partial charge in [0.15, 0.2) is 0 Å². The van der Waals surface area contributed by atoms with Gasteiger partial charge in [0.25, 0.3) is 0 Å². The minimum Gasteiger partial charge on any atom is -0.300 e. The topological polar surface area (TPSA) is 20.3 Å². The van der Waals surface area contributed by atoms with E-state index in [1.54, 1.807) is 0 Å².